The van der Waals surface area contributed by atoms with Crippen molar-refractivity contribution in [2.75, 3.05) is 20.2 Å². The van der Waals surface area contributed by atoms with Gasteiger partial charge in [0.1, 0.15) is 17.3 Å². The molecule has 6 nitrogen and oxygen atoms in total. The van der Waals surface area contributed by atoms with Crippen LogP contribution >= 0.6 is 0 Å². The summed E-state index contributed by atoms with van der Waals surface area (Å²) in [5, 5.41) is 0. The number of ether oxygens (including phenoxy) is 1. The summed E-state index contributed by atoms with van der Waals surface area (Å²) in [6.45, 7) is 2.09. The molecule has 0 aliphatic carbocycles. The van der Waals surface area contributed by atoms with Crippen molar-refractivity contribution in [1.82, 2.24) is 19.9 Å². The van der Waals surface area contributed by atoms with Gasteiger partial charge in [-0.3, -0.25) is 14.7 Å². The van der Waals surface area contributed by atoms with Crippen molar-refractivity contribution in [3.63, 3.8) is 0 Å². The average molecular weight is 394 g/mol. The van der Waals surface area contributed by atoms with E-state index >= 15 is 0 Å². The molecule has 1 aliphatic heterocycles. The highest BCUT2D eigenvalue weighted by atomic mass is 19.1. The van der Waals surface area contributed by atoms with Gasteiger partial charge in [-0.2, -0.15) is 0 Å². The molecule has 1 aromatic carbocycles. The van der Waals surface area contributed by atoms with Crippen molar-refractivity contribution < 1.29 is 9.13 Å². The Morgan fingerprint density at radius 3 is 2.97 bits per heavy atom. The number of likely N-dealkylation sites (tertiary alicyclic amines) is 1. The quantitative estimate of drug-likeness (QED) is 0.719. The minimum Gasteiger partial charge on any atom is -0.497 e. The minimum absolute atomic E-state index is 0.113. The highest BCUT2D eigenvalue weighted by Gasteiger charge is 2.24. The van der Waals surface area contributed by atoms with Crippen LogP contribution < -0.4 is 10.3 Å². The van der Waals surface area contributed by atoms with Gasteiger partial charge in [0, 0.05) is 36.8 Å². The molecule has 0 amide bonds. The number of pyridine rings is 1. The van der Waals surface area contributed by atoms with Crippen molar-refractivity contribution in [2.24, 2.45) is 0 Å². The van der Waals surface area contributed by atoms with E-state index in [0.29, 0.717) is 29.4 Å². The van der Waals surface area contributed by atoms with Crippen LogP contribution in [0.1, 0.15) is 30.0 Å². The van der Waals surface area contributed by atoms with E-state index in [9.17, 15) is 9.18 Å². The number of benzene rings is 1. The fourth-order valence-corrected chi connectivity index (χ4v) is 3.79. The molecule has 0 bridgehead atoms. The second-order valence-corrected chi connectivity index (χ2v) is 7.27. The summed E-state index contributed by atoms with van der Waals surface area (Å²) >= 11 is 0. The van der Waals surface area contributed by atoms with Crippen LogP contribution in [-0.2, 0) is 6.54 Å². The van der Waals surface area contributed by atoms with Crippen LogP contribution in [-0.4, -0.2) is 40.1 Å². The predicted octanol–water partition coefficient (Wildman–Crippen LogP) is 3.36. The smallest absolute Gasteiger partial charge is 0.251 e. The first kappa shape index (κ1) is 19.3. The van der Waals surface area contributed by atoms with Crippen LogP contribution in [0.2, 0.25) is 0 Å². The van der Waals surface area contributed by atoms with Crippen LogP contribution in [0.25, 0.3) is 11.5 Å². The van der Waals surface area contributed by atoms with Crippen LogP contribution in [0.4, 0.5) is 4.39 Å². The lowest BCUT2D eigenvalue weighted by Crippen LogP contribution is -2.35. The number of halogens is 1. The molecule has 0 radical (unpaired) electrons. The summed E-state index contributed by atoms with van der Waals surface area (Å²) < 4.78 is 19.4. The number of methoxy groups -OCH3 is 1. The maximum absolute atomic E-state index is 14.2. The van der Waals surface area contributed by atoms with Gasteiger partial charge in [0.05, 0.1) is 12.8 Å². The van der Waals surface area contributed by atoms with Crippen molar-refractivity contribution in [3.05, 3.63) is 76.1 Å². The molecule has 3 aromatic rings. The first-order valence-corrected chi connectivity index (χ1v) is 9.70. The molecule has 4 rings (SSSR count). The molecular weight excluding hydrogens is 371 g/mol. The van der Waals surface area contributed by atoms with Crippen LogP contribution in [0, 0.1) is 5.82 Å². The summed E-state index contributed by atoms with van der Waals surface area (Å²) in [5.74, 6) is 0.997. The Hall–Kier alpha value is -3.06. The molecule has 1 atom stereocenters. The number of nitrogens with one attached hydrogen (secondary N) is 1. The molecule has 1 N–H and O–H groups in total. The van der Waals surface area contributed by atoms with Gasteiger partial charge in [-0.15, -0.1) is 0 Å². The molecule has 1 saturated heterocycles. The molecule has 0 unspecified atom stereocenters. The lowest BCUT2D eigenvalue weighted by Gasteiger charge is -2.32. The van der Waals surface area contributed by atoms with Crippen LogP contribution in [0.3, 0.4) is 0 Å². The van der Waals surface area contributed by atoms with E-state index in [1.165, 1.54) is 6.07 Å². The fourth-order valence-electron chi connectivity index (χ4n) is 3.79. The van der Waals surface area contributed by atoms with Crippen LogP contribution in [0.15, 0.2) is 53.5 Å². The van der Waals surface area contributed by atoms with E-state index in [2.05, 4.69) is 19.9 Å². The fraction of sp³-hybridized carbons (Fsp3) is 0.318. The van der Waals surface area contributed by atoms with E-state index in [1.54, 1.807) is 31.5 Å². The molecule has 2 aromatic heterocycles. The zero-order valence-electron chi connectivity index (χ0n) is 16.3. The monoisotopic (exact) mass is 394 g/mol. The number of rotatable bonds is 5. The Morgan fingerprint density at radius 2 is 2.17 bits per heavy atom. The Labute approximate surface area is 168 Å². The third kappa shape index (κ3) is 4.51. The average Bonchev–Trinajstić information content (AvgIpc) is 2.76. The largest absolute Gasteiger partial charge is 0.497 e. The molecule has 0 spiro atoms. The van der Waals surface area contributed by atoms with Crippen molar-refractivity contribution >= 4 is 0 Å². The minimum atomic E-state index is -0.236. The number of aromatic nitrogens is 3. The number of aromatic amines is 1. The van der Waals surface area contributed by atoms with Crippen molar-refractivity contribution in [3.8, 4) is 17.3 Å². The molecule has 1 aliphatic rings. The number of hydrogen-bond donors (Lipinski definition) is 1. The van der Waals surface area contributed by atoms with Gasteiger partial charge < -0.3 is 9.72 Å². The number of hydrogen-bond acceptors (Lipinski definition) is 5. The van der Waals surface area contributed by atoms with E-state index in [4.69, 9.17) is 4.74 Å². The zero-order chi connectivity index (χ0) is 20.2. The second-order valence-electron chi connectivity index (χ2n) is 7.27. The van der Waals surface area contributed by atoms with Gasteiger partial charge >= 0.3 is 0 Å². The molecule has 3 heterocycles. The maximum Gasteiger partial charge on any atom is 0.251 e. The predicted molar refractivity (Wildman–Crippen MR) is 108 cm³/mol. The Bertz CT molecular complexity index is 1040. The Morgan fingerprint density at radius 1 is 1.28 bits per heavy atom. The van der Waals surface area contributed by atoms with Gasteiger partial charge in [0.15, 0.2) is 5.82 Å². The number of nitrogens with zero attached hydrogens (tertiary/aromatic N) is 3. The normalized spacial score (nSPS) is 17.2. The van der Waals surface area contributed by atoms with E-state index in [1.807, 2.05) is 18.2 Å². The summed E-state index contributed by atoms with van der Waals surface area (Å²) in [5.41, 5.74) is 1.81. The van der Waals surface area contributed by atoms with E-state index in [-0.39, 0.29) is 17.3 Å². The molecule has 7 heteroatoms. The summed E-state index contributed by atoms with van der Waals surface area (Å²) in [6.07, 6.45) is 3.58. The topological polar surface area (TPSA) is 71.1 Å². The second kappa shape index (κ2) is 8.53. The molecule has 150 valence electrons. The summed E-state index contributed by atoms with van der Waals surface area (Å²) in [7, 11) is 1.58. The Balaban J connectivity index is 1.55. The SMILES string of the molecule is COc1ccc(F)c(CN2CCC[C@@H](c3cc(=O)[nH]c(-c4ccccn4)n3)C2)c1. The molecule has 0 saturated carbocycles. The lowest BCUT2D eigenvalue weighted by atomic mass is 9.94. The molecular formula is C22H23FN4O2. The standard InChI is InChI=1S/C22H23FN4O2/c1-29-17-7-8-18(23)16(11-17)14-27-10-4-5-15(13-27)20-12-21(28)26-22(25-20)19-6-2-3-9-24-19/h2-3,6-9,11-12,15H,4-5,10,13-14H2,1H3,(H,25,26,28)/t15-/m1/s1. The van der Waals surface area contributed by atoms with Gasteiger partial charge in [-0.1, -0.05) is 6.07 Å². The van der Waals surface area contributed by atoms with Crippen molar-refractivity contribution in [1.29, 1.82) is 0 Å². The van der Waals surface area contributed by atoms with E-state index in [0.717, 1.165) is 31.6 Å². The first-order valence-electron chi connectivity index (χ1n) is 9.70. The van der Waals surface area contributed by atoms with Gasteiger partial charge in [-0.05, 0) is 49.7 Å². The first-order chi connectivity index (χ1) is 14.1. The number of H-pyrrole nitrogens is 1. The zero-order valence-corrected chi connectivity index (χ0v) is 16.3. The third-order valence-corrected chi connectivity index (χ3v) is 5.24. The highest BCUT2D eigenvalue weighted by Crippen LogP contribution is 2.28. The molecule has 1 fully saturated rings. The van der Waals surface area contributed by atoms with Gasteiger partial charge in [-0.25, -0.2) is 9.37 Å². The van der Waals surface area contributed by atoms with Gasteiger partial charge in [0.25, 0.3) is 5.56 Å². The van der Waals surface area contributed by atoms with Gasteiger partial charge in [0.2, 0.25) is 0 Å². The highest BCUT2D eigenvalue weighted by molar-refractivity contribution is 5.48. The summed E-state index contributed by atoms with van der Waals surface area (Å²) in [4.78, 5) is 26.1. The van der Waals surface area contributed by atoms with Crippen molar-refractivity contribution in [2.45, 2.75) is 25.3 Å². The lowest BCUT2D eigenvalue weighted by molar-refractivity contribution is 0.196. The third-order valence-electron chi connectivity index (χ3n) is 5.24. The number of piperidine rings is 1. The summed E-state index contributed by atoms with van der Waals surface area (Å²) in [6, 6.07) is 11.9. The molecule has 29 heavy (non-hydrogen) atoms. The Kier molecular flexibility index (Phi) is 5.67. The van der Waals surface area contributed by atoms with E-state index < -0.39 is 0 Å². The van der Waals surface area contributed by atoms with Crippen LogP contribution in [0.5, 0.6) is 5.75 Å². The maximum atomic E-state index is 14.2.